The Morgan fingerprint density at radius 1 is 1.50 bits per heavy atom. The molecule has 52 valence electrons. The highest BCUT2D eigenvalue weighted by Gasteiger charge is 1.90. The molecule has 1 rings (SSSR count). The lowest BCUT2D eigenvalue weighted by Gasteiger charge is -1.76. The maximum Gasteiger partial charge on any atom is 0.142 e. The molecule has 0 saturated heterocycles. The first-order valence-corrected chi connectivity index (χ1v) is 3.89. The summed E-state index contributed by atoms with van der Waals surface area (Å²) in [6.07, 6.45) is 3.92. The van der Waals surface area contributed by atoms with Crippen LogP contribution in [0, 0.1) is 0 Å². The third-order valence-corrected chi connectivity index (χ3v) is 2.13. The monoisotopic (exact) mass is 172 g/mol. The van der Waals surface area contributed by atoms with Gasteiger partial charge in [0.2, 0.25) is 0 Å². The van der Waals surface area contributed by atoms with Gasteiger partial charge in [-0.25, -0.2) is 0 Å². The molecule has 10 heavy (non-hydrogen) atoms. The van der Waals surface area contributed by atoms with E-state index in [1.165, 1.54) is 17.4 Å². The summed E-state index contributed by atoms with van der Waals surface area (Å²) >= 11 is 7.08. The Morgan fingerprint density at radius 2 is 2.30 bits per heavy atom. The van der Waals surface area contributed by atoms with Crippen molar-refractivity contribution in [2.75, 3.05) is 0 Å². The van der Waals surface area contributed by atoms with Crippen molar-refractivity contribution in [3.8, 4) is 0 Å². The summed E-state index contributed by atoms with van der Waals surface area (Å²) in [5.41, 5.74) is 0. The number of hydrogen-bond acceptors (Lipinski definition) is 2. The molecule has 0 aliphatic carbocycles. The fourth-order valence-corrected chi connectivity index (χ4v) is 1.53. The van der Waals surface area contributed by atoms with E-state index in [1.807, 2.05) is 6.07 Å². The molecule has 0 fully saturated rings. The first-order chi connectivity index (χ1) is 4.83. The number of allylic oxidation sites excluding steroid dienone is 1. The summed E-state index contributed by atoms with van der Waals surface area (Å²) in [5.74, 6) is 0. The summed E-state index contributed by atoms with van der Waals surface area (Å²) in [6, 6.07) is 3.67. The molecule has 0 aromatic carbocycles. The Bertz CT molecular complexity index is 252. The topological polar surface area (TPSA) is 17.1 Å². The second-order valence-electron chi connectivity index (χ2n) is 1.64. The van der Waals surface area contributed by atoms with E-state index < -0.39 is 0 Å². The summed E-state index contributed by atoms with van der Waals surface area (Å²) in [5, 5.41) is 0. The van der Waals surface area contributed by atoms with Crippen LogP contribution in [-0.2, 0) is 4.79 Å². The number of halogens is 1. The third kappa shape index (κ3) is 1.97. The van der Waals surface area contributed by atoms with Crippen LogP contribution in [0.1, 0.15) is 4.88 Å². The van der Waals surface area contributed by atoms with Gasteiger partial charge in [0, 0.05) is 4.88 Å². The molecule has 0 amide bonds. The maximum absolute atomic E-state index is 9.87. The van der Waals surface area contributed by atoms with Gasteiger partial charge in [-0.05, 0) is 24.3 Å². The molecular formula is C7H5ClOS. The summed E-state index contributed by atoms with van der Waals surface area (Å²) < 4.78 is 0.741. The molecule has 1 aromatic heterocycles. The van der Waals surface area contributed by atoms with Crippen LogP contribution in [0.3, 0.4) is 0 Å². The van der Waals surface area contributed by atoms with Gasteiger partial charge in [0.1, 0.15) is 6.29 Å². The SMILES string of the molecule is O=CC=Cc1ccc(Cl)s1. The van der Waals surface area contributed by atoms with Crippen molar-refractivity contribution >= 4 is 35.3 Å². The fourth-order valence-electron chi connectivity index (χ4n) is 0.552. The lowest BCUT2D eigenvalue weighted by Crippen LogP contribution is -1.58. The molecule has 1 aromatic rings. The van der Waals surface area contributed by atoms with E-state index in [1.54, 1.807) is 12.1 Å². The van der Waals surface area contributed by atoms with Crippen molar-refractivity contribution in [1.29, 1.82) is 0 Å². The van der Waals surface area contributed by atoms with Crippen LogP contribution in [0.2, 0.25) is 4.34 Å². The molecular weight excluding hydrogens is 168 g/mol. The van der Waals surface area contributed by atoms with E-state index in [0.29, 0.717) is 0 Å². The van der Waals surface area contributed by atoms with Crippen molar-refractivity contribution in [2.24, 2.45) is 0 Å². The first kappa shape index (κ1) is 7.51. The van der Waals surface area contributed by atoms with Crippen LogP contribution in [0.15, 0.2) is 18.2 Å². The Hall–Kier alpha value is -0.600. The Kier molecular flexibility index (Phi) is 2.66. The average molecular weight is 173 g/mol. The summed E-state index contributed by atoms with van der Waals surface area (Å²) in [4.78, 5) is 10.9. The molecule has 0 N–H and O–H groups in total. The number of carbonyl (C=O) groups is 1. The molecule has 0 bridgehead atoms. The van der Waals surface area contributed by atoms with Crippen LogP contribution >= 0.6 is 22.9 Å². The maximum atomic E-state index is 9.87. The zero-order valence-electron chi connectivity index (χ0n) is 5.08. The molecule has 0 unspecified atom stereocenters. The normalized spacial score (nSPS) is 10.5. The quantitative estimate of drug-likeness (QED) is 0.495. The van der Waals surface area contributed by atoms with E-state index in [-0.39, 0.29) is 0 Å². The second kappa shape index (κ2) is 3.54. The van der Waals surface area contributed by atoms with Crippen LogP contribution in [0.25, 0.3) is 6.08 Å². The molecule has 0 aliphatic heterocycles. The highest BCUT2D eigenvalue weighted by Crippen LogP contribution is 2.21. The van der Waals surface area contributed by atoms with E-state index in [4.69, 9.17) is 11.6 Å². The van der Waals surface area contributed by atoms with E-state index in [2.05, 4.69) is 0 Å². The van der Waals surface area contributed by atoms with Crippen molar-refractivity contribution < 1.29 is 4.79 Å². The van der Waals surface area contributed by atoms with E-state index >= 15 is 0 Å². The van der Waals surface area contributed by atoms with Crippen LogP contribution in [0.4, 0.5) is 0 Å². The van der Waals surface area contributed by atoms with Crippen LogP contribution in [0.5, 0.6) is 0 Å². The van der Waals surface area contributed by atoms with Gasteiger partial charge < -0.3 is 0 Å². The Balaban J connectivity index is 2.75. The predicted octanol–water partition coefficient (Wildman–Crippen LogP) is 2.61. The lowest BCUT2D eigenvalue weighted by atomic mass is 10.4. The summed E-state index contributed by atoms with van der Waals surface area (Å²) in [7, 11) is 0. The van der Waals surface area contributed by atoms with Crippen molar-refractivity contribution in [3.05, 3.63) is 27.4 Å². The Labute approximate surface area is 67.9 Å². The van der Waals surface area contributed by atoms with Crippen LogP contribution < -0.4 is 0 Å². The molecule has 1 heterocycles. The smallest absolute Gasteiger partial charge is 0.142 e. The summed E-state index contributed by atoms with van der Waals surface area (Å²) in [6.45, 7) is 0. The standard InChI is InChI=1S/C7H5ClOS/c8-7-4-3-6(10-7)2-1-5-9/h1-5H. The minimum Gasteiger partial charge on any atom is -0.299 e. The lowest BCUT2D eigenvalue weighted by molar-refractivity contribution is -0.104. The Morgan fingerprint density at radius 3 is 2.80 bits per heavy atom. The largest absolute Gasteiger partial charge is 0.299 e. The molecule has 0 spiro atoms. The average Bonchev–Trinajstić information content (AvgIpc) is 2.31. The van der Waals surface area contributed by atoms with Crippen molar-refractivity contribution in [2.45, 2.75) is 0 Å². The molecule has 0 aliphatic rings. The number of thiophene rings is 1. The van der Waals surface area contributed by atoms with Gasteiger partial charge in [-0.15, -0.1) is 11.3 Å². The van der Waals surface area contributed by atoms with Gasteiger partial charge >= 0.3 is 0 Å². The zero-order chi connectivity index (χ0) is 7.40. The zero-order valence-corrected chi connectivity index (χ0v) is 6.65. The van der Waals surface area contributed by atoms with Gasteiger partial charge in [0.05, 0.1) is 4.34 Å². The minimum atomic E-state index is 0.741. The van der Waals surface area contributed by atoms with Crippen molar-refractivity contribution in [1.82, 2.24) is 0 Å². The fraction of sp³-hybridized carbons (Fsp3) is 0. The number of rotatable bonds is 2. The molecule has 0 atom stereocenters. The highest BCUT2D eigenvalue weighted by atomic mass is 35.5. The number of aldehydes is 1. The van der Waals surface area contributed by atoms with E-state index in [9.17, 15) is 4.79 Å². The van der Waals surface area contributed by atoms with Gasteiger partial charge in [0.25, 0.3) is 0 Å². The van der Waals surface area contributed by atoms with Gasteiger partial charge in [-0.1, -0.05) is 11.6 Å². The molecule has 0 radical (unpaired) electrons. The minimum absolute atomic E-state index is 0.741. The third-order valence-electron chi connectivity index (χ3n) is 0.933. The molecule has 0 saturated carbocycles. The molecule has 3 heteroatoms. The van der Waals surface area contributed by atoms with Gasteiger partial charge in [0.15, 0.2) is 0 Å². The van der Waals surface area contributed by atoms with Crippen LogP contribution in [-0.4, -0.2) is 6.29 Å². The predicted molar refractivity (Wildman–Crippen MR) is 44.4 cm³/mol. The van der Waals surface area contributed by atoms with E-state index in [0.717, 1.165) is 15.5 Å². The highest BCUT2D eigenvalue weighted by molar-refractivity contribution is 7.17. The molecule has 1 nitrogen and oxygen atoms in total. The number of carbonyl (C=O) groups excluding carboxylic acids is 1. The van der Waals surface area contributed by atoms with Gasteiger partial charge in [-0.3, -0.25) is 4.79 Å². The van der Waals surface area contributed by atoms with Gasteiger partial charge in [-0.2, -0.15) is 0 Å². The number of hydrogen-bond donors (Lipinski definition) is 0. The second-order valence-corrected chi connectivity index (χ2v) is 3.38. The van der Waals surface area contributed by atoms with Crippen molar-refractivity contribution in [3.63, 3.8) is 0 Å². The first-order valence-electron chi connectivity index (χ1n) is 2.70.